The largest absolute Gasteiger partial charge is 0.351 e. The molecular formula is C20H21FN6O3. The van der Waals surface area contributed by atoms with Crippen LogP contribution in [0.15, 0.2) is 36.7 Å². The summed E-state index contributed by atoms with van der Waals surface area (Å²) in [5.74, 6) is -2.09. The Morgan fingerprint density at radius 2 is 1.80 bits per heavy atom. The van der Waals surface area contributed by atoms with E-state index in [4.69, 9.17) is 0 Å². The van der Waals surface area contributed by atoms with E-state index in [0.717, 1.165) is 4.90 Å². The lowest BCUT2D eigenvalue weighted by Gasteiger charge is -2.38. The van der Waals surface area contributed by atoms with E-state index in [1.165, 1.54) is 13.4 Å². The highest BCUT2D eigenvalue weighted by molar-refractivity contribution is 6.08. The minimum Gasteiger partial charge on any atom is -0.351 e. The maximum absolute atomic E-state index is 15.1. The number of piperazine rings is 1. The first kappa shape index (κ1) is 19.7. The van der Waals surface area contributed by atoms with Crippen LogP contribution in [0.1, 0.15) is 0 Å². The fourth-order valence-electron chi connectivity index (χ4n) is 3.66. The summed E-state index contributed by atoms with van der Waals surface area (Å²) in [5, 5.41) is 2.54. The van der Waals surface area contributed by atoms with Gasteiger partial charge in [0.2, 0.25) is 11.8 Å². The monoisotopic (exact) mass is 412 g/mol. The summed E-state index contributed by atoms with van der Waals surface area (Å²) in [6, 6.07) is 8.52. The number of rotatable bonds is 3. The molecule has 4 rings (SSSR count). The van der Waals surface area contributed by atoms with E-state index in [9.17, 15) is 14.4 Å². The molecule has 9 nitrogen and oxygen atoms in total. The third kappa shape index (κ3) is 3.56. The van der Waals surface area contributed by atoms with Gasteiger partial charge < -0.3 is 15.1 Å². The van der Waals surface area contributed by atoms with E-state index in [1.54, 1.807) is 21.9 Å². The number of nitrogens with one attached hydrogen (secondary N) is 1. The standard InChI is InChI=1S/C20H21FN6O3/c1-25-18(28)14(11-22-20(25)30)19(29)27-9-7-26(8-10-27)17-15(21)16(23-12-24-17)13-5-3-2-4-6-13/h2-6,12,14H,7-11H2,1H3,(H,22,30). The second kappa shape index (κ2) is 8.05. The normalized spacial score (nSPS) is 19.7. The Morgan fingerprint density at radius 3 is 2.50 bits per heavy atom. The molecule has 4 amide bonds. The Balaban J connectivity index is 1.45. The smallest absolute Gasteiger partial charge is 0.323 e. The number of imide groups is 1. The molecule has 2 aliphatic rings. The highest BCUT2D eigenvalue weighted by Gasteiger charge is 2.39. The maximum atomic E-state index is 15.1. The quantitative estimate of drug-likeness (QED) is 0.747. The average molecular weight is 412 g/mol. The summed E-state index contributed by atoms with van der Waals surface area (Å²) in [7, 11) is 1.34. The molecule has 2 saturated heterocycles. The number of nitrogens with zero attached hydrogens (tertiary/aromatic N) is 5. The number of aromatic nitrogens is 2. The molecule has 1 atom stereocenters. The van der Waals surface area contributed by atoms with Crippen molar-refractivity contribution in [2.45, 2.75) is 0 Å². The van der Waals surface area contributed by atoms with Crippen LogP contribution < -0.4 is 10.2 Å². The van der Waals surface area contributed by atoms with Gasteiger partial charge >= 0.3 is 6.03 Å². The van der Waals surface area contributed by atoms with Crippen LogP contribution in [0.2, 0.25) is 0 Å². The van der Waals surface area contributed by atoms with Gasteiger partial charge in [-0.1, -0.05) is 30.3 Å². The van der Waals surface area contributed by atoms with E-state index >= 15 is 4.39 Å². The molecule has 0 aliphatic carbocycles. The van der Waals surface area contributed by atoms with Crippen molar-refractivity contribution in [1.29, 1.82) is 0 Å². The summed E-state index contributed by atoms with van der Waals surface area (Å²) in [6.07, 6.45) is 1.33. The first-order valence-electron chi connectivity index (χ1n) is 9.62. The second-order valence-corrected chi connectivity index (χ2v) is 7.17. The van der Waals surface area contributed by atoms with Gasteiger partial charge in [-0.2, -0.15) is 0 Å². The van der Waals surface area contributed by atoms with Crippen molar-refractivity contribution >= 4 is 23.7 Å². The highest BCUT2D eigenvalue weighted by atomic mass is 19.1. The maximum Gasteiger partial charge on any atom is 0.323 e. The van der Waals surface area contributed by atoms with E-state index in [2.05, 4.69) is 15.3 Å². The van der Waals surface area contributed by atoms with Gasteiger partial charge in [0.05, 0.1) is 0 Å². The Kier molecular flexibility index (Phi) is 5.30. The molecule has 1 N–H and O–H groups in total. The molecule has 30 heavy (non-hydrogen) atoms. The topological polar surface area (TPSA) is 98.7 Å². The number of hydrogen-bond donors (Lipinski definition) is 1. The number of hydrogen-bond acceptors (Lipinski definition) is 6. The predicted molar refractivity (Wildman–Crippen MR) is 106 cm³/mol. The molecule has 0 bridgehead atoms. The lowest BCUT2D eigenvalue weighted by atomic mass is 10.0. The molecule has 0 saturated carbocycles. The van der Waals surface area contributed by atoms with Crippen molar-refractivity contribution < 1.29 is 18.8 Å². The Morgan fingerprint density at radius 1 is 1.10 bits per heavy atom. The second-order valence-electron chi connectivity index (χ2n) is 7.17. The minimum absolute atomic E-state index is 0.0119. The third-order valence-electron chi connectivity index (χ3n) is 5.40. The SMILES string of the molecule is CN1C(=O)NCC(C(=O)N2CCN(c3ncnc(-c4ccccc4)c3F)CC2)C1=O. The van der Waals surface area contributed by atoms with Crippen LogP contribution in [-0.4, -0.2) is 77.4 Å². The van der Waals surface area contributed by atoms with Crippen LogP contribution in [0.4, 0.5) is 15.0 Å². The summed E-state index contributed by atoms with van der Waals surface area (Å²) in [5.41, 5.74) is 0.889. The number of urea groups is 1. The van der Waals surface area contributed by atoms with E-state index in [0.29, 0.717) is 31.7 Å². The van der Waals surface area contributed by atoms with Crippen LogP contribution in [0.25, 0.3) is 11.3 Å². The molecule has 1 aromatic heterocycles. The van der Waals surface area contributed by atoms with Crippen molar-refractivity contribution in [2.75, 3.05) is 44.7 Å². The molecule has 1 aromatic carbocycles. The molecule has 2 fully saturated rings. The van der Waals surface area contributed by atoms with Gasteiger partial charge in [-0.3, -0.25) is 14.5 Å². The lowest BCUT2D eigenvalue weighted by molar-refractivity contribution is -0.146. The Hall–Kier alpha value is -3.56. The molecule has 0 radical (unpaired) electrons. The molecule has 156 valence electrons. The van der Waals surface area contributed by atoms with Gasteiger partial charge in [-0.25, -0.2) is 19.2 Å². The van der Waals surface area contributed by atoms with Crippen molar-refractivity contribution in [3.63, 3.8) is 0 Å². The third-order valence-corrected chi connectivity index (χ3v) is 5.40. The highest BCUT2D eigenvalue weighted by Crippen LogP contribution is 2.26. The fourth-order valence-corrected chi connectivity index (χ4v) is 3.66. The van der Waals surface area contributed by atoms with Gasteiger partial charge in [0.25, 0.3) is 0 Å². The van der Waals surface area contributed by atoms with Crippen LogP contribution in [0.5, 0.6) is 0 Å². The molecule has 0 spiro atoms. The van der Waals surface area contributed by atoms with Crippen molar-refractivity contribution in [1.82, 2.24) is 25.1 Å². The Labute approximate surface area is 172 Å². The summed E-state index contributed by atoms with van der Waals surface area (Å²) in [4.78, 5) is 49.0. The molecule has 2 aliphatic heterocycles. The number of carbonyl (C=O) groups excluding carboxylic acids is 3. The number of carbonyl (C=O) groups is 3. The number of amides is 4. The zero-order valence-electron chi connectivity index (χ0n) is 16.4. The molecule has 10 heteroatoms. The van der Waals surface area contributed by atoms with Gasteiger partial charge in [0.15, 0.2) is 11.6 Å². The van der Waals surface area contributed by atoms with Crippen molar-refractivity contribution in [3.05, 3.63) is 42.5 Å². The van der Waals surface area contributed by atoms with E-state index in [1.807, 2.05) is 18.2 Å². The van der Waals surface area contributed by atoms with Crippen LogP contribution in [-0.2, 0) is 9.59 Å². The zero-order valence-corrected chi connectivity index (χ0v) is 16.4. The summed E-state index contributed by atoms with van der Waals surface area (Å²) in [6.45, 7) is 1.38. The molecule has 2 aromatic rings. The first-order chi connectivity index (χ1) is 14.5. The zero-order chi connectivity index (χ0) is 21.3. The average Bonchev–Trinajstić information content (AvgIpc) is 2.78. The van der Waals surface area contributed by atoms with Crippen LogP contribution in [0.3, 0.4) is 0 Å². The number of anilines is 1. The van der Waals surface area contributed by atoms with E-state index in [-0.39, 0.29) is 24.0 Å². The Bertz CT molecular complexity index is 978. The van der Waals surface area contributed by atoms with Crippen LogP contribution in [0, 0.1) is 11.7 Å². The van der Waals surface area contributed by atoms with Gasteiger partial charge in [0, 0.05) is 45.3 Å². The first-order valence-corrected chi connectivity index (χ1v) is 9.62. The predicted octanol–water partition coefficient (Wildman–Crippen LogP) is 0.729. The summed E-state index contributed by atoms with van der Waals surface area (Å²) >= 11 is 0. The number of benzene rings is 1. The van der Waals surface area contributed by atoms with E-state index < -0.39 is 23.7 Å². The molecule has 3 heterocycles. The summed E-state index contributed by atoms with van der Waals surface area (Å²) < 4.78 is 15.1. The minimum atomic E-state index is -0.931. The fraction of sp³-hybridized carbons (Fsp3) is 0.350. The van der Waals surface area contributed by atoms with Gasteiger partial charge in [-0.05, 0) is 0 Å². The molecular weight excluding hydrogens is 391 g/mol. The van der Waals surface area contributed by atoms with Gasteiger partial charge in [0.1, 0.15) is 17.9 Å². The number of halogens is 1. The molecule has 1 unspecified atom stereocenters. The van der Waals surface area contributed by atoms with Crippen molar-refractivity contribution in [3.8, 4) is 11.3 Å². The van der Waals surface area contributed by atoms with Gasteiger partial charge in [-0.15, -0.1) is 0 Å². The van der Waals surface area contributed by atoms with Crippen molar-refractivity contribution in [2.24, 2.45) is 5.92 Å². The van der Waals surface area contributed by atoms with Crippen LogP contribution >= 0.6 is 0 Å². The lowest BCUT2D eigenvalue weighted by Crippen LogP contribution is -2.59.